The molecule has 130 valence electrons. The molecule has 0 aliphatic carbocycles. The standard InChI is InChI=1S/C17H21N7O/c1-4-13(3)24-15(10-12(2)20-24)18-16(25)11-23-21-17(19-22-23)14-8-6-5-7-9-14/h5-10,13H,4,11H2,1-3H3,(H,18,25). The molecule has 8 nitrogen and oxygen atoms in total. The topological polar surface area (TPSA) is 90.5 Å². The van der Waals surface area contributed by atoms with E-state index in [4.69, 9.17) is 0 Å². The number of carbonyl (C=O) groups excluding carboxylic acids is 1. The van der Waals surface area contributed by atoms with Crippen molar-refractivity contribution in [3.63, 3.8) is 0 Å². The number of amides is 1. The molecule has 0 aliphatic rings. The molecule has 8 heteroatoms. The van der Waals surface area contributed by atoms with Crippen molar-refractivity contribution in [1.82, 2.24) is 30.0 Å². The molecule has 0 aliphatic heterocycles. The van der Waals surface area contributed by atoms with Gasteiger partial charge in [0.15, 0.2) is 0 Å². The van der Waals surface area contributed by atoms with E-state index >= 15 is 0 Å². The van der Waals surface area contributed by atoms with E-state index < -0.39 is 0 Å². The fourth-order valence-electron chi connectivity index (χ4n) is 2.44. The molecule has 0 fully saturated rings. The van der Waals surface area contributed by atoms with Crippen molar-refractivity contribution in [3.05, 3.63) is 42.1 Å². The minimum atomic E-state index is -0.221. The molecule has 3 rings (SSSR count). The average Bonchev–Trinajstić information content (AvgIpc) is 3.21. The normalized spacial score (nSPS) is 12.1. The van der Waals surface area contributed by atoms with E-state index in [9.17, 15) is 4.79 Å². The van der Waals surface area contributed by atoms with Gasteiger partial charge in [0.05, 0.1) is 11.7 Å². The molecule has 2 heterocycles. The summed E-state index contributed by atoms with van der Waals surface area (Å²) >= 11 is 0. The molecule has 1 aromatic carbocycles. The van der Waals surface area contributed by atoms with Crippen LogP contribution in [-0.2, 0) is 11.3 Å². The second kappa shape index (κ2) is 7.25. The zero-order valence-electron chi connectivity index (χ0n) is 14.5. The number of aromatic nitrogens is 6. The Morgan fingerprint density at radius 2 is 2.00 bits per heavy atom. The third-order valence-electron chi connectivity index (χ3n) is 3.90. The van der Waals surface area contributed by atoms with Crippen LogP contribution in [-0.4, -0.2) is 35.9 Å². The van der Waals surface area contributed by atoms with E-state index in [0.717, 1.165) is 17.7 Å². The van der Waals surface area contributed by atoms with Gasteiger partial charge in [-0.2, -0.15) is 9.90 Å². The molecule has 2 aromatic heterocycles. The molecular formula is C17H21N7O. The highest BCUT2D eigenvalue weighted by molar-refractivity contribution is 5.89. The van der Waals surface area contributed by atoms with E-state index in [-0.39, 0.29) is 18.5 Å². The molecule has 0 bridgehead atoms. The number of aryl methyl sites for hydroxylation is 1. The number of nitrogens with zero attached hydrogens (tertiary/aromatic N) is 6. The number of benzene rings is 1. The lowest BCUT2D eigenvalue weighted by molar-refractivity contribution is -0.117. The van der Waals surface area contributed by atoms with Gasteiger partial charge in [0.2, 0.25) is 11.7 Å². The lowest BCUT2D eigenvalue weighted by Gasteiger charge is -2.13. The predicted molar refractivity (Wildman–Crippen MR) is 93.8 cm³/mol. The van der Waals surface area contributed by atoms with Crippen molar-refractivity contribution >= 4 is 11.7 Å². The molecule has 3 aromatic rings. The van der Waals surface area contributed by atoms with Gasteiger partial charge < -0.3 is 5.32 Å². The highest BCUT2D eigenvalue weighted by atomic mass is 16.2. The monoisotopic (exact) mass is 339 g/mol. The van der Waals surface area contributed by atoms with Gasteiger partial charge in [-0.25, -0.2) is 4.68 Å². The first-order chi connectivity index (χ1) is 12.1. The second-order valence-electron chi connectivity index (χ2n) is 5.93. The maximum atomic E-state index is 12.3. The Labute approximate surface area is 145 Å². The van der Waals surface area contributed by atoms with Gasteiger partial charge in [0.25, 0.3) is 0 Å². The van der Waals surface area contributed by atoms with Crippen LogP contribution in [0.5, 0.6) is 0 Å². The second-order valence-corrected chi connectivity index (χ2v) is 5.93. The average molecular weight is 339 g/mol. The number of hydrogen-bond donors (Lipinski definition) is 1. The largest absolute Gasteiger partial charge is 0.309 e. The van der Waals surface area contributed by atoms with E-state index in [1.807, 2.05) is 48.0 Å². The number of carbonyl (C=O) groups is 1. The van der Waals surface area contributed by atoms with Crippen molar-refractivity contribution in [2.75, 3.05) is 5.32 Å². The van der Waals surface area contributed by atoms with Crippen molar-refractivity contribution in [3.8, 4) is 11.4 Å². The van der Waals surface area contributed by atoms with Crippen LogP contribution in [0.4, 0.5) is 5.82 Å². The summed E-state index contributed by atoms with van der Waals surface area (Å²) in [4.78, 5) is 13.6. The number of nitrogens with one attached hydrogen (secondary N) is 1. The molecule has 1 N–H and O–H groups in total. The Morgan fingerprint density at radius 1 is 1.24 bits per heavy atom. The van der Waals surface area contributed by atoms with E-state index in [1.165, 1.54) is 4.80 Å². The van der Waals surface area contributed by atoms with E-state index in [1.54, 1.807) is 0 Å². The Kier molecular flexibility index (Phi) is 4.87. The van der Waals surface area contributed by atoms with E-state index in [2.05, 4.69) is 39.7 Å². The SMILES string of the molecule is CCC(C)n1nc(C)cc1NC(=O)Cn1nnc(-c2ccccc2)n1. The summed E-state index contributed by atoms with van der Waals surface area (Å²) in [6.45, 7) is 6.04. The first-order valence-corrected chi connectivity index (χ1v) is 8.26. The van der Waals surface area contributed by atoms with Crippen LogP contribution in [0, 0.1) is 6.92 Å². The molecule has 0 spiro atoms. The first kappa shape index (κ1) is 16.8. The smallest absolute Gasteiger partial charge is 0.249 e. The lowest BCUT2D eigenvalue weighted by atomic mass is 10.2. The predicted octanol–water partition coefficient (Wildman–Crippen LogP) is 2.45. The van der Waals surface area contributed by atoms with Crippen LogP contribution in [0.2, 0.25) is 0 Å². The third kappa shape index (κ3) is 3.90. The Balaban J connectivity index is 1.69. The van der Waals surface area contributed by atoms with Gasteiger partial charge in [0, 0.05) is 11.6 Å². The molecule has 0 radical (unpaired) electrons. The summed E-state index contributed by atoms with van der Waals surface area (Å²) in [5.74, 6) is 0.954. The maximum Gasteiger partial charge on any atom is 0.249 e. The summed E-state index contributed by atoms with van der Waals surface area (Å²) in [6.07, 6.45) is 0.926. The van der Waals surface area contributed by atoms with Crippen molar-refractivity contribution < 1.29 is 4.79 Å². The van der Waals surface area contributed by atoms with Crippen LogP contribution in [0.3, 0.4) is 0 Å². The maximum absolute atomic E-state index is 12.3. The van der Waals surface area contributed by atoms with Gasteiger partial charge in [-0.3, -0.25) is 4.79 Å². The molecule has 1 atom stereocenters. The van der Waals surface area contributed by atoms with Gasteiger partial charge in [-0.15, -0.1) is 10.2 Å². The molecule has 1 unspecified atom stereocenters. The number of tetrazole rings is 1. The minimum absolute atomic E-state index is 0.00936. The van der Waals surface area contributed by atoms with Crippen molar-refractivity contribution in [1.29, 1.82) is 0 Å². The molecular weight excluding hydrogens is 318 g/mol. The summed E-state index contributed by atoms with van der Waals surface area (Å²) in [6, 6.07) is 11.6. The van der Waals surface area contributed by atoms with Crippen LogP contribution in [0.15, 0.2) is 36.4 Å². The molecule has 25 heavy (non-hydrogen) atoms. The highest BCUT2D eigenvalue weighted by Crippen LogP contribution is 2.18. The van der Waals surface area contributed by atoms with E-state index in [0.29, 0.717) is 11.6 Å². The quantitative estimate of drug-likeness (QED) is 0.745. The number of anilines is 1. The zero-order valence-corrected chi connectivity index (χ0v) is 14.5. The van der Waals surface area contributed by atoms with Crippen molar-refractivity contribution in [2.45, 2.75) is 39.8 Å². The Morgan fingerprint density at radius 3 is 2.72 bits per heavy atom. The number of rotatable bonds is 6. The number of hydrogen-bond acceptors (Lipinski definition) is 5. The molecule has 1 amide bonds. The molecule has 0 saturated carbocycles. The summed E-state index contributed by atoms with van der Waals surface area (Å²) in [7, 11) is 0. The van der Waals surface area contributed by atoms with Gasteiger partial charge >= 0.3 is 0 Å². The van der Waals surface area contributed by atoms with Crippen LogP contribution >= 0.6 is 0 Å². The van der Waals surface area contributed by atoms with Gasteiger partial charge in [-0.05, 0) is 25.5 Å². The Bertz CT molecular complexity index is 853. The van der Waals surface area contributed by atoms with Crippen LogP contribution < -0.4 is 5.32 Å². The van der Waals surface area contributed by atoms with Crippen LogP contribution in [0.1, 0.15) is 32.0 Å². The van der Waals surface area contributed by atoms with Gasteiger partial charge in [0.1, 0.15) is 12.4 Å². The first-order valence-electron chi connectivity index (χ1n) is 8.26. The minimum Gasteiger partial charge on any atom is -0.309 e. The molecule has 0 saturated heterocycles. The zero-order chi connectivity index (χ0) is 17.8. The summed E-state index contributed by atoms with van der Waals surface area (Å²) in [5, 5.41) is 19.5. The fourth-order valence-corrected chi connectivity index (χ4v) is 2.44. The third-order valence-corrected chi connectivity index (χ3v) is 3.90. The van der Waals surface area contributed by atoms with Crippen molar-refractivity contribution in [2.24, 2.45) is 0 Å². The lowest BCUT2D eigenvalue weighted by Crippen LogP contribution is -2.23. The van der Waals surface area contributed by atoms with Gasteiger partial charge in [-0.1, -0.05) is 37.3 Å². The summed E-state index contributed by atoms with van der Waals surface area (Å²) < 4.78 is 1.83. The highest BCUT2D eigenvalue weighted by Gasteiger charge is 2.14. The summed E-state index contributed by atoms with van der Waals surface area (Å²) in [5.41, 5.74) is 1.72. The Hall–Kier alpha value is -3.03. The fraction of sp³-hybridized carbons (Fsp3) is 0.353. The van der Waals surface area contributed by atoms with Crippen LogP contribution in [0.25, 0.3) is 11.4 Å².